The molecule has 0 saturated carbocycles. The molecule has 2 heterocycles. The molecule has 0 spiro atoms. The summed E-state index contributed by atoms with van der Waals surface area (Å²) < 4.78 is 34.8. The summed E-state index contributed by atoms with van der Waals surface area (Å²) in [5.41, 5.74) is 0. The third-order valence-electron chi connectivity index (χ3n) is 5.48. The van der Waals surface area contributed by atoms with Crippen LogP contribution in [0.25, 0.3) is 0 Å². The molecule has 0 aromatic heterocycles. The topological polar surface area (TPSA) is 70.2 Å². The number of likely N-dealkylation sites (tertiary alicyclic amines) is 1. The SMILES string of the molecule is CCCC(=O)N1CC[C@@H]2[C@@H](CC1)Oc1ccccc1S(=O)(=O)N2CCN(C)C. The number of hydrogen-bond donors (Lipinski definition) is 0. The highest BCUT2D eigenvalue weighted by Gasteiger charge is 2.43. The lowest BCUT2D eigenvalue weighted by Gasteiger charge is -2.32. The number of ether oxygens (including phenoxy) is 1. The monoisotopic (exact) mass is 409 g/mol. The van der Waals surface area contributed by atoms with Crippen molar-refractivity contribution < 1.29 is 17.9 Å². The molecule has 2 aliphatic heterocycles. The van der Waals surface area contributed by atoms with E-state index in [0.717, 1.165) is 6.42 Å². The third-order valence-corrected chi connectivity index (χ3v) is 7.44. The van der Waals surface area contributed by atoms with Gasteiger partial charge in [-0.05, 0) is 39.1 Å². The minimum absolute atomic E-state index is 0.141. The van der Waals surface area contributed by atoms with E-state index in [2.05, 4.69) is 0 Å². The van der Waals surface area contributed by atoms with Crippen molar-refractivity contribution >= 4 is 15.9 Å². The summed E-state index contributed by atoms with van der Waals surface area (Å²) in [6, 6.07) is 6.60. The van der Waals surface area contributed by atoms with Crippen molar-refractivity contribution in [3.63, 3.8) is 0 Å². The molecule has 2 atom stereocenters. The van der Waals surface area contributed by atoms with Crippen molar-refractivity contribution in [3.05, 3.63) is 24.3 Å². The van der Waals surface area contributed by atoms with Gasteiger partial charge in [0.05, 0.1) is 6.04 Å². The van der Waals surface area contributed by atoms with Gasteiger partial charge in [-0.1, -0.05) is 19.1 Å². The Morgan fingerprint density at radius 3 is 2.64 bits per heavy atom. The Morgan fingerprint density at radius 2 is 1.93 bits per heavy atom. The molecule has 7 nitrogen and oxygen atoms in total. The maximum atomic E-state index is 13.5. The molecular weight excluding hydrogens is 378 g/mol. The summed E-state index contributed by atoms with van der Waals surface area (Å²) in [6.45, 7) is 4.19. The number of rotatable bonds is 5. The first kappa shape index (κ1) is 21.1. The van der Waals surface area contributed by atoms with Gasteiger partial charge in [0.1, 0.15) is 16.7 Å². The summed E-state index contributed by atoms with van der Waals surface area (Å²) in [5.74, 6) is 0.556. The average molecular weight is 410 g/mol. The molecule has 1 fully saturated rings. The van der Waals surface area contributed by atoms with Gasteiger partial charge in [-0.25, -0.2) is 8.42 Å². The summed E-state index contributed by atoms with van der Waals surface area (Å²) >= 11 is 0. The fourth-order valence-corrected chi connectivity index (χ4v) is 5.76. The first-order valence-electron chi connectivity index (χ1n) is 10.0. The van der Waals surface area contributed by atoms with Crippen LogP contribution >= 0.6 is 0 Å². The lowest BCUT2D eigenvalue weighted by molar-refractivity contribution is -0.131. The predicted octanol–water partition coefficient (Wildman–Crippen LogP) is 1.79. The van der Waals surface area contributed by atoms with Crippen molar-refractivity contribution in [2.45, 2.75) is 49.6 Å². The minimum atomic E-state index is -3.67. The molecule has 1 amide bonds. The highest BCUT2D eigenvalue weighted by Crippen LogP contribution is 2.36. The Morgan fingerprint density at radius 1 is 1.21 bits per heavy atom. The van der Waals surface area contributed by atoms with Crippen LogP contribution in [0.5, 0.6) is 5.75 Å². The number of nitrogens with zero attached hydrogens (tertiary/aromatic N) is 3. The standard InChI is InChI=1S/C20H31N3O4S/c1-4-7-20(24)22-12-10-16-17(11-13-22)27-18-8-5-6-9-19(18)28(25,26)23(16)15-14-21(2)3/h5-6,8-9,16-17H,4,7,10-15H2,1-3H3/t16-,17-/m1/s1. The molecule has 2 aliphatic rings. The van der Waals surface area contributed by atoms with Gasteiger partial charge in [0.2, 0.25) is 15.9 Å². The molecule has 0 bridgehead atoms. The van der Waals surface area contributed by atoms with Crippen LogP contribution < -0.4 is 4.74 Å². The zero-order valence-electron chi connectivity index (χ0n) is 17.0. The van der Waals surface area contributed by atoms with E-state index in [1.807, 2.05) is 30.8 Å². The van der Waals surface area contributed by atoms with Crippen molar-refractivity contribution in [1.29, 1.82) is 0 Å². The van der Waals surface area contributed by atoms with Gasteiger partial charge >= 0.3 is 0 Å². The molecule has 1 saturated heterocycles. The second-order valence-electron chi connectivity index (χ2n) is 7.80. The van der Waals surface area contributed by atoms with E-state index < -0.39 is 10.0 Å². The first-order chi connectivity index (χ1) is 13.3. The van der Waals surface area contributed by atoms with Gasteiger partial charge in [0.25, 0.3) is 0 Å². The number of likely N-dealkylation sites (N-methyl/N-ethyl adjacent to an activating group) is 1. The lowest BCUT2D eigenvalue weighted by atomic mass is 10.1. The van der Waals surface area contributed by atoms with Crippen LogP contribution in [0.2, 0.25) is 0 Å². The predicted molar refractivity (Wildman–Crippen MR) is 108 cm³/mol. The molecule has 1 aromatic carbocycles. The number of amides is 1. The van der Waals surface area contributed by atoms with Gasteiger partial charge in [0, 0.05) is 39.0 Å². The normalized spacial score (nSPS) is 24.6. The molecule has 0 radical (unpaired) electrons. The van der Waals surface area contributed by atoms with Gasteiger partial charge < -0.3 is 14.5 Å². The number of para-hydroxylation sites is 1. The van der Waals surface area contributed by atoms with Crippen LogP contribution in [0.15, 0.2) is 29.2 Å². The smallest absolute Gasteiger partial charge is 0.247 e. The Bertz CT molecular complexity index is 796. The van der Waals surface area contributed by atoms with E-state index in [1.165, 1.54) is 0 Å². The van der Waals surface area contributed by atoms with E-state index in [9.17, 15) is 13.2 Å². The fraction of sp³-hybridized carbons (Fsp3) is 0.650. The Balaban J connectivity index is 1.95. The highest BCUT2D eigenvalue weighted by atomic mass is 32.2. The van der Waals surface area contributed by atoms with Gasteiger partial charge in [-0.3, -0.25) is 4.79 Å². The Labute approximate surface area is 168 Å². The van der Waals surface area contributed by atoms with Gasteiger partial charge in [0.15, 0.2) is 0 Å². The van der Waals surface area contributed by atoms with Crippen LogP contribution in [-0.4, -0.2) is 80.9 Å². The van der Waals surface area contributed by atoms with E-state index >= 15 is 0 Å². The van der Waals surface area contributed by atoms with E-state index in [0.29, 0.717) is 51.2 Å². The van der Waals surface area contributed by atoms with Crippen molar-refractivity contribution in [2.24, 2.45) is 0 Å². The van der Waals surface area contributed by atoms with E-state index in [1.54, 1.807) is 28.6 Å². The maximum Gasteiger partial charge on any atom is 0.247 e. The number of hydrogen-bond acceptors (Lipinski definition) is 5. The van der Waals surface area contributed by atoms with Crippen molar-refractivity contribution in [2.75, 3.05) is 40.3 Å². The minimum Gasteiger partial charge on any atom is -0.487 e. The second-order valence-corrected chi connectivity index (χ2v) is 9.66. The quantitative estimate of drug-likeness (QED) is 0.742. The van der Waals surface area contributed by atoms with Crippen LogP contribution in [-0.2, 0) is 14.8 Å². The van der Waals surface area contributed by atoms with Gasteiger partial charge in [-0.2, -0.15) is 4.31 Å². The van der Waals surface area contributed by atoms with E-state index in [4.69, 9.17) is 4.74 Å². The molecule has 0 unspecified atom stereocenters. The molecule has 1 aromatic rings. The lowest BCUT2D eigenvalue weighted by Crippen LogP contribution is -2.49. The number of carbonyl (C=O) groups excluding carboxylic acids is 1. The molecule has 3 rings (SSSR count). The molecule has 8 heteroatoms. The first-order valence-corrected chi connectivity index (χ1v) is 11.5. The summed E-state index contributed by atoms with van der Waals surface area (Å²) in [4.78, 5) is 16.5. The molecule has 28 heavy (non-hydrogen) atoms. The number of fused-ring (bicyclic) bond motifs is 2. The van der Waals surface area contributed by atoms with E-state index in [-0.39, 0.29) is 22.9 Å². The van der Waals surface area contributed by atoms with Crippen LogP contribution in [0.1, 0.15) is 32.6 Å². The zero-order chi connectivity index (χ0) is 20.3. The third kappa shape index (κ3) is 4.34. The Hall–Kier alpha value is -1.64. The second kappa shape index (κ2) is 8.80. The zero-order valence-corrected chi connectivity index (χ0v) is 17.8. The van der Waals surface area contributed by atoms with Crippen LogP contribution in [0.4, 0.5) is 0 Å². The maximum absolute atomic E-state index is 13.5. The Kier molecular flexibility index (Phi) is 6.62. The average Bonchev–Trinajstić information content (AvgIpc) is 2.89. The van der Waals surface area contributed by atoms with Crippen LogP contribution in [0, 0.1) is 0 Å². The van der Waals surface area contributed by atoms with Gasteiger partial charge in [-0.15, -0.1) is 0 Å². The molecule has 0 N–H and O–H groups in total. The summed E-state index contributed by atoms with van der Waals surface area (Å²) in [6.07, 6.45) is 2.29. The molecule has 0 aliphatic carbocycles. The number of carbonyl (C=O) groups is 1. The highest BCUT2D eigenvalue weighted by molar-refractivity contribution is 7.89. The largest absolute Gasteiger partial charge is 0.487 e. The summed E-state index contributed by atoms with van der Waals surface area (Å²) in [7, 11) is 0.199. The number of benzene rings is 1. The summed E-state index contributed by atoms with van der Waals surface area (Å²) in [5, 5.41) is 0. The fourth-order valence-electron chi connectivity index (χ4n) is 3.96. The van der Waals surface area contributed by atoms with Crippen molar-refractivity contribution in [1.82, 2.24) is 14.1 Å². The number of sulfonamides is 1. The molecular formula is C20H31N3O4S. The van der Waals surface area contributed by atoms with Crippen LogP contribution in [0.3, 0.4) is 0 Å². The molecule has 156 valence electrons. The van der Waals surface area contributed by atoms with Crippen molar-refractivity contribution in [3.8, 4) is 5.75 Å².